The number of carbonyl (C=O) groups excluding carboxylic acids is 1. The van der Waals surface area contributed by atoms with E-state index in [4.69, 9.17) is 5.73 Å². The number of hydrogen-bond donors (Lipinski definition) is 2. The summed E-state index contributed by atoms with van der Waals surface area (Å²) in [5.41, 5.74) is 9.11. The second-order valence-corrected chi connectivity index (χ2v) is 9.74. The Kier molecular flexibility index (Phi) is 4.89. The van der Waals surface area contributed by atoms with Crippen molar-refractivity contribution in [3.63, 3.8) is 0 Å². The molecule has 1 fully saturated rings. The molecule has 148 valence electrons. The minimum absolute atomic E-state index is 0.0622. The van der Waals surface area contributed by atoms with Gasteiger partial charge in [0.15, 0.2) is 9.84 Å². The van der Waals surface area contributed by atoms with Crippen molar-refractivity contribution in [3.8, 4) is 11.1 Å². The third-order valence-corrected chi connectivity index (χ3v) is 7.04. The van der Waals surface area contributed by atoms with Gasteiger partial charge in [0.25, 0.3) is 0 Å². The number of nitrogens with zero attached hydrogens (tertiary/aromatic N) is 1. The molecule has 1 amide bonds. The molecule has 1 aliphatic heterocycles. The number of fused-ring (bicyclic) bond motifs is 1. The van der Waals surface area contributed by atoms with E-state index in [2.05, 4.69) is 12.2 Å². The van der Waals surface area contributed by atoms with Gasteiger partial charge in [0.2, 0.25) is 5.91 Å². The van der Waals surface area contributed by atoms with E-state index in [0.717, 1.165) is 35.3 Å². The molecule has 2 aromatic rings. The van der Waals surface area contributed by atoms with Crippen LogP contribution in [0.25, 0.3) is 11.1 Å². The van der Waals surface area contributed by atoms with E-state index in [1.54, 1.807) is 24.3 Å². The third-order valence-electron chi connectivity index (χ3n) is 5.27. The van der Waals surface area contributed by atoms with Gasteiger partial charge in [0.05, 0.1) is 22.0 Å². The first kappa shape index (κ1) is 19.0. The summed E-state index contributed by atoms with van der Waals surface area (Å²) in [6.07, 6.45) is 1.95. The Morgan fingerprint density at radius 3 is 2.46 bits per heavy atom. The topological polar surface area (TPSA) is 92.5 Å². The van der Waals surface area contributed by atoms with Crippen molar-refractivity contribution in [2.75, 3.05) is 29.1 Å². The van der Waals surface area contributed by atoms with Gasteiger partial charge in [-0.25, -0.2) is 8.42 Å². The van der Waals surface area contributed by atoms with Gasteiger partial charge in [-0.2, -0.15) is 0 Å². The molecule has 4 rings (SSSR count). The van der Waals surface area contributed by atoms with Crippen molar-refractivity contribution in [1.29, 1.82) is 0 Å². The molecule has 7 heteroatoms. The van der Waals surface area contributed by atoms with Crippen molar-refractivity contribution >= 4 is 27.1 Å². The lowest BCUT2D eigenvalue weighted by molar-refractivity contribution is -0.119. The maximum Gasteiger partial charge on any atom is 0.230 e. The van der Waals surface area contributed by atoms with Crippen molar-refractivity contribution in [2.24, 2.45) is 11.7 Å². The highest BCUT2D eigenvalue weighted by Gasteiger charge is 2.36. The van der Waals surface area contributed by atoms with Crippen LogP contribution in [0.3, 0.4) is 0 Å². The number of rotatable bonds is 5. The number of carbonyl (C=O) groups is 1. The number of benzene rings is 2. The number of nitrogens with one attached hydrogen (secondary N) is 1. The van der Waals surface area contributed by atoms with E-state index < -0.39 is 9.84 Å². The number of amides is 1. The summed E-state index contributed by atoms with van der Waals surface area (Å²) in [6, 6.07) is 13.0. The Labute approximate surface area is 165 Å². The first-order valence-electron chi connectivity index (χ1n) is 9.64. The molecule has 0 radical (unpaired) electrons. The molecular weight excluding hydrogens is 374 g/mol. The number of anilines is 2. The third kappa shape index (κ3) is 3.64. The number of hydrogen-bond acceptors (Lipinski definition) is 5. The molecule has 1 aliphatic carbocycles. The Balaban J connectivity index is 1.66. The lowest BCUT2D eigenvalue weighted by Crippen LogP contribution is -2.44. The predicted molar refractivity (Wildman–Crippen MR) is 111 cm³/mol. The molecule has 1 saturated carbocycles. The molecule has 0 unspecified atom stereocenters. The van der Waals surface area contributed by atoms with Crippen LogP contribution in [0.2, 0.25) is 0 Å². The van der Waals surface area contributed by atoms with E-state index in [1.165, 1.54) is 0 Å². The molecule has 28 heavy (non-hydrogen) atoms. The maximum atomic E-state index is 12.8. The minimum atomic E-state index is -3.34. The van der Waals surface area contributed by atoms with Gasteiger partial charge in [0, 0.05) is 25.0 Å². The number of nitrogens with two attached hydrogens (primary N) is 1. The Bertz CT molecular complexity index is 998. The van der Waals surface area contributed by atoms with E-state index >= 15 is 0 Å². The van der Waals surface area contributed by atoms with Crippen LogP contribution in [0.4, 0.5) is 11.4 Å². The van der Waals surface area contributed by atoms with Crippen LogP contribution >= 0.6 is 0 Å². The van der Waals surface area contributed by atoms with Crippen LogP contribution in [0, 0.1) is 5.92 Å². The Morgan fingerprint density at radius 1 is 1.14 bits per heavy atom. The van der Waals surface area contributed by atoms with Gasteiger partial charge < -0.3 is 16.0 Å². The quantitative estimate of drug-likeness (QED) is 0.806. The van der Waals surface area contributed by atoms with Gasteiger partial charge in [-0.3, -0.25) is 4.79 Å². The van der Waals surface area contributed by atoms with Gasteiger partial charge in [-0.05, 0) is 55.2 Å². The lowest BCUT2D eigenvalue weighted by atomic mass is 10.0. The van der Waals surface area contributed by atoms with E-state index in [9.17, 15) is 13.2 Å². The van der Waals surface area contributed by atoms with E-state index in [0.29, 0.717) is 6.54 Å². The zero-order valence-corrected chi connectivity index (χ0v) is 16.7. The summed E-state index contributed by atoms with van der Waals surface area (Å²) < 4.78 is 24.3. The molecule has 1 atom stereocenters. The molecule has 1 heterocycles. The summed E-state index contributed by atoms with van der Waals surface area (Å²) in [5, 5.41) is 3.44. The Hall–Kier alpha value is -2.38. The largest absolute Gasteiger partial charge is 0.379 e. The second-order valence-electron chi connectivity index (χ2n) is 7.63. The molecule has 0 aromatic heterocycles. The van der Waals surface area contributed by atoms with Crippen molar-refractivity contribution < 1.29 is 13.2 Å². The standard InChI is InChI=1S/C21H25N3O3S/c1-14-13-24(21(25)16-2-3-16)20-12-17(6-9-19(20)23-14)15-4-7-18(8-5-15)28(26,27)11-10-22/h4-9,12,14,16,23H,2-3,10-11,13,22H2,1H3/t14-/m0/s1. The average Bonchev–Trinajstić information content (AvgIpc) is 3.52. The zero-order chi connectivity index (χ0) is 19.9. The monoisotopic (exact) mass is 399 g/mol. The molecule has 0 bridgehead atoms. The van der Waals surface area contributed by atoms with Crippen LogP contribution in [-0.2, 0) is 14.6 Å². The normalized spacial score (nSPS) is 19.1. The second kappa shape index (κ2) is 7.22. The van der Waals surface area contributed by atoms with Crippen molar-refractivity contribution in [2.45, 2.75) is 30.7 Å². The smallest absolute Gasteiger partial charge is 0.230 e. The fraction of sp³-hybridized carbons (Fsp3) is 0.381. The molecular formula is C21H25N3O3S. The predicted octanol–water partition coefficient (Wildman–Crippen LogP) is 2.64. The van der Waals surface area contributed by atoms with Crippen LogP contribution < -0.4 is 16.0 Å². The molecule has 6 nitrogen and oxygen atoms in total. The van der Waals surface area contributed by atoms with Gasteiger partial charge in [-0.15, -0.1) is 0 Å². The lowest BCUT2D eigenvalue weighted by Gasteiger charge is -2.35. The summed E-state index contributed by atoms with van der Waals surface area (Å²) in [6.45, 7) is 2.83. The number of sulfone groups is 1. The zero-order valence-electron chi connectivity index (χ0n) is 15.9. The highest BCUT2D eigenvalue weighted by Crippen LogP contribution is 2.39. The first-order chi connectivity index (χ1) is 13.4. The van der Waals surface area contributed by atoms with E-state index in [-0.39, 0.29) is 35.1 Å². The van der Waals surface area contributed by atoms with Crippen molar-refractivity contribution in [3.05, 3.63) is 42.5 Å². The van der Waals surface area contributed by atoms with Crippen LogP contribution in [0.1, 0.15) is 19.8 Å². The van der Waals surface area contributed by atoms with Crippen LogP contribution in [-0.4, -0.2) is 39.2 Å². The fourth-order valence-electron chi connectivity index (χ4n) is 3.63. The van der Waals surface area contributed by atoms with Crippen molar-refractivity contribution in [1.82, 2.24) is 0 Å². The summed E-state index contributed by atoms with van der Waals surface area (Å²) >= 11 is 0. The first-order valence-corrected chi connectivity index (χ1v) is 11.3. The van der Waals surface area contributed by atoms with Gasteiger partial charge in [-0.1, -0.05) is 18.2 Å². The maximum absolute atomic E-state index is 12.8. The summed E-state index contributed by atoms with van der Waals surface area (Å²) in [5.74, 6) is 0.302. The molecule has 2 aromatic carbocycles. The molecule has 2 aliphatic rings. The minimum Gasteiger partial charge on any atom is -0.379 e. The SMILES string of the molecule is C[C@H]1CN(C(=O)C2CC2)c2cc(-c3ccc(S(=O)(=O)CCN)cc3)ccc2N1. The van der Waals surface area contributed by atoms with Crippen LogP contribution in [0.5, 0.6) is 0 Å². The fourth-order valence-corrected chi connectivity index (χ4v) is 4.72. The average molecular weight is 400 g/mol. The van der Waals surface area contributed by atoms with Crippen LogP contribution in [0.15, 0.2) is 47.4 Å². The van der Waals surface area contributed by atoms with Gasteiger partial charge in [0.1, 0.15) is 0 Å². The summed E-state index contributed by atoms with van der Waals surface area (Å²) in [4.78, 5) is 14.9. The molecule has 0 saturated heterocycles. The van der Waals surface area contributed by atoms with Gasteiger partial charge >= 0.3 is 0 Å². The highest BCUT2D eigenvalue weighted by molar-refractivity contribution is 7.91. The molecule has 3 N–H and O–H groups in total. The summed E-state index contributed by atoms with van der Waals surface area (Å²) in [7, 11) is -3.34. The highest BCUT2D eigenvalue weighted by atomic mass is 32.2. The Morgan fingerprint density at radius 2 is 1.82 bits per heavy atom. The molecule has 0 spiro atoms. The van der Waals surface area contributed by atoms with E-state index in [1.807, 2.05) is 23.1 Å².